The van der Waals surface area contributed by atoms with Crippen LogP contribution >= 0.6 is 0 Å². The number of rotatable bonds is 13. The van der Waals surface area contributed by atoms with Gasteiger partial charge in [0.05, 0.1) is 37.5 Å². The lowest BCUT2D eigenvalue weighted by Crippen LogP contribution is -2.62. The van der Waals surface area contributed by atoms with Gasteiger partial charge < -0.3 is 30.1 Å². The molecule has 0 saturated heterocycles. The van der Waals surface area contributed by atoms with Crippen LogP contribution in [0.2, 0.25) is 0 Å². The minimum absolute atomic E-state index is 0.0904. The van der Waals surface area contributed by atoms with Gasteiger partial charge in [-0.3, -0.25) is 19.6 Å². The number of halogens is 8. The van der Waals surface area contributed by atoms with Gasteiger partial charge in [-0.05, 0) is 43.2 Å². The Morgan fingerprint density at radius 3 is 2.33 bits per heavy atom. The van der Waals surface area contributed by atoms with Crippen molar-refractivity contribution in [2.45, 2.75) is 62.6 Å². The SMILES string of the molecule is CN1N(Cc2ccc(OCCCOC[C@H](O)CO)c(F)c2F)C(=O)C(C(=O)Nc2ccc(C(F)(F)F)cc2-c2ccc(C(F)(F)F)nc2)=C(O)C12CCCC2. The van der Waals surface area contributed by atoms with Crippen molar-refractivity contribution in [3.8, 4) is 16.9 Å². The summed E-state index contributed by atoms with van der Waals surface area (Å²) in [7, 11) is 1.42. The number of likely N-dealkylation sites (N-methyl/N-ethyl adjacent to an activating group) is 1. The van der Waals surface area contributed by atoms with Gasteiger partial charge in [-0.25, -0.2) is 9.40 Å². The van der Waals surface area contributed by atoms with E-state index in [9.17, 15) is 46.1 Å². The zero-order valence-corrected chi connectivity index (χ0v) is 29.1. The number of aromatic nitrogens is 1. The molecule has 4 N–H and O–H groups in total. The van der Waals surface area contributed by atoms with Crippen LogP contribution in [-0.4, -0.2) is 87.3 Å². The van der Waals surface area contributed by atoms with Crippen molar-refractivity contribution in [1.82, 2.24) is 15.0 Å². The van der Waals surface area contributed by atoms with Gasteiger partial charge in [0.1, 0.15) is 23.1 Å². The average molecular weight is 789 g/mol. The summed E-state index contributed by atoms with van der Waals surface area (Å²) < 4.78 is 122. The Morgan fingerprint density at radius 2 is 1.71 bits per heavy atom. The smallest absolute Gasteiger partial charge is 0.433 e. The fourth-order valence-corrected chi connectivity index (χ4v) is 6.44. The fourth-order valence-electron chi connectivity index (χ4n) is 6.44. The quantitative estimate of drug-likeness (QED) is 0.0911. The summed E-state index contributed by atoms with van der Waals surface area (Å²) >= 11 is 0. The molecule has 55 heavy (non-hydrogen) atoms. The molecule has 0 unspecified atom stereocenters. The van der Waals surface area contributed by atoms with Crippen molar-refractivity contribution < 1.29 is 69.5 Å². The summed E-state index contributed by atoms with van der Waals surface area (Å²) in [5.74, 6) is -6.28. The van der Waals surface area contributed by atoms with Crippen molar-refractivity contribution in [3.63, 3.8) is 0 Å². The van der Waals surface area contributed by atoms with E-state index in [0.717, 1.165) is 29.3 Å². The molecule has 3 aromatic rings. The second kappa shape index (κ2) is 16.5. The highest BCUT2D eigenvalue weighted by atomic mass is 19.4. The summed E-state index contributed by atoms with van der Waals surface area (Å²) in [4.78, 5) is 31.2. The predicted molar refractivity (Wildman–Crippen MR) is 178 cm³/mol. The largest absolute Gasteiger partial charge is 0.509 e. The molecule has 298 valence electrons. The molecule has 2 aliphatic rings. The van der Waals surface area contributed by atoms with Crippen LogP contribution in [0.3, 0.4) is 0 Å². The monoisotopic (exact) mass is 788 g/mol. The third kappa shape index (κ3) is 8.84. The molecule has 1 atom stereocenters. The normalized spacial score (nSPS) is 16.9. The van der Waals surface area contributed by atoms with Gasteiger partial charge in [0.15, 0.2) is 11.6 Å². The maximum absolute atomic E-state index is 15.5. The van der Waals surface area contributed by atoms with Crippen LogP contribution in [0.5, 0.6) is 5.75 Å². The van der Waals surface area contributed by atoms with Crippen LogP contribution in [0, 0.1) is 11.6 Å². The first-order valence-electron chi connectivity index (χ1n) is 16.9. The molecule has 1 spiro atoms. The van der Waals surface area contributed by atoms with E-state index >= 15 is 8.78 Å². The Labute approximate surface area is 308 Å². The number of carbonyl (C=O) groups excluding carboxylic acids is 2. The summed E-state index contributed by atoms with van der Waals surface area (Å²) in [6, 6.07) is 5.72. The van der Waals surface area contributed by atoms with Crippen molar-refractivity contribution in [2.75, 3.05) is 38.8 Å². The number of alkyl halides is 6. The van der Waals surface area contributed by atoms with Gasteiger partial charge >= 0.3 is 12.4 Å². The van der Waals surface area contributed by atoms with E-state index in [-0.39, 0.29) is 55.9 Å². The number of aliphatic hydroxyl groups is 3. The van der Waals surface area contributed by atoms with Crippen molar-refractivity contribution in [3.05, 3.63) is 88.4 Å². The van der Waals surface area contributed by atoms with Gasteiger partial charge in [-0.15, -0.1) is 0 Å². The molecule has 5 rings (SSSR count). The van der Waals surface area contributed by atoms with E-state index in [1.165, 1.54) is 12.1 Å². The zero-order valence-electron chi connectivity index (χ0n) is 29.1. The number of pyridine rings is 1. The van der Waals surface area contributed by atoms with E-state index in [4.69, 9.17) is 14.6 Å². The number of benzene rings is 2. The van der Waals surface area contributed by atoms with E-state index in [1.807, 2.05) is 0 Å². The molecule has 2 heterocycles. The Hall–Kier alpha value is -4.85. The highest BCUT2D eigenvalue weighted by molar-refractivity contribution is 6.24. The Bertz CT molecular complexity index is 1920. The number of nitrogens with zero attached hydrogens (tertiary/aromatic N) is 3. The molecule has 19 heteroatoms. The summed E-state index contributed by atoms with van der Waals surface area (Å²) in [5.41, 5.74) is -6.04. The Balaban J connectivity index is 1.42. The molecular weight excluding hydrogens is 752 g/mol. The van der Waals surface area contributed by atoms with Crippen LogP contribution in [0.15, 0.2) is 60.0 Å². The second-order valence-electron chi connectivity index (χ2n) is 13.0. The van der Waals surface area contributed by atoms with Crippen molar-refractivity contribution in [2.24, 2.45) is 0 Å². The molecule has 1 aliphatic carbocycles. The number of nitrogens with one attached hydrogen (secondary N) is 1. The van der Waals surface area contributed by atoms with Crippen molar-refractivity contribution >= 4 is 17.5 Å². The Kier molecular flexibility index (Phi) is 12.4. The number of hydrazine groups is 1. The number of carbonyl (C=O) groups is 2. The number of aliphatic hydroxyl groups excluding tert-OH is 3. The Morgan fingerprint density at radius 1 is 1.00 bits per heavy atom. The van der Waals surface area contributed by atoms with Crippen LogP contribution < -0.4 is 10.1 Å². The minimum atomic E-state index is -4.89. The predicted octanol–water partition coefficient (Wildman–Crippen LogP) is 6.16. The highest BCUT2D eigenvalue weighted by Crippen LogP contribution is 2.45. The first kappa shape index (κ1) is 41.3. The van der Waals surface area contributed by atoms with E-state index < -0.39 is 94.5 Å². The molecule has 1 aromatic heterocycles. The van der Waals surface area contributed by atoms with E-state index in [2.05, 4.69) is 10.3 Å². The van der Waals surface area contributed by atoms with Crippen LogP contribution in [0.4, 0.5) is 40.8 Å². The van der Waals surface area contributed by atoms with Gasteiger partial charge in [-0.1, -0.05) is 25.0 Å². The molecule has 11 nitrogen and oxygen atoms in total. The standard InChI is InChI=1S/C36H36F8N4O7/c1-47-34(11-2-3-12-34)31(51)28(33(53)48(47)17-21-5-9-26(30(38)29(21)37)55-14-4-13-54-19-23(50)18-49)32(52)46-25-8-7-22(35(39,40)41)15-24(25)20-6-10-27(45-16-20)36(42,43)44/h5-10,15-16,23,49-51H,2-4,11-14,17-19H2,1H3,(H,46,52)/t23-/m1/s1. The van der Waals surface area contributed by atoms with Gasteiger partial charge in [0.25, 0.3) is 11.8 Å². The van der Waals surface area contributed by atoms with E-state index in [1.54, 1.807) is 0 Å². The number of hydrogen-bond donors (Lipinski definition) is 4. The van der Waals surface area contributed by atoms with Crippen molar-refractivity contribution in [1.29, 1.82) is 0 Å². The van der Waals surface area contributed by atoms with Crippen LogP contribution in [-0.2, 0) is 33.2 Å². The molecule has 0 bridgehead atoms. The molecule has 1 saturated carbocycles. The fraction of sp³-hybridized carbons (Fsp3) is 0.417. The number of amides is 2. The number of hydrogen-bond acceptors (Lipinski definition) is 9. The maximum Gasteiger partial charge on any atom is 0.433 e. The average Bonchev–Trinajstić information content (AvgIpc) is 3.64. The molecule has 2 aromatic carbocycles. The lowest BCUT2D eigenvalue weighted by atomic mass is 9.88. The number of anilines is 1. The minimum Gasteiger partial charge on any atom is -0.509 e. The second-order valence-corrected chi connectivity index (χ2v) is 13.0. The van der Waals surface area contributed by atoms with Gasteiger partial charge in [0.2, 0.25) is 5.82 Å². The zero-order chi connectivity index (χ0) is 40.3. The van der Waals surface area contributed by atoms with Gasteiger partial charge in [-0.2, -0.15) is 30.7 Å². The lowest BCUT2D eigenvalue weighted by Gasteiger charge is -2.48. The summed E-state index contributed by atoms with van der Waals surface area (Å²) in [6.07, 6.45) is -8.37. The highest BCUT2D eigenvalue weighted by Gasteiger charge is 2.53. The third-order valence-electron chi connectivity index (χ3n) is 9.38. The lowest BCUT2D eigenvalue weighted by molar-refractivity contribution is -0.163. The van der Waals surface area contributed by atoms with Crippen LogP contribution in [0.1, 0.15) is 48.9 Å². The third-order valence-corrected chi connectivity index (χ3v) is 9.38. The first-order valence-corrected chi connectivity index (χ1v) is 16.9. The topological polar surface area (TPSA) is 145 Å². The molecule has 1 fully saturated rings. The summed E-state index contributed by atoms with van der Waals surface area (Å²) in [6.45, 7) is -1.26. The summed E-state index contributed by atoms with van der Waals surface area (Å²) in [5, 5.41) is 34.2. The first-order chi connectivity index (χ1) is 25.9. The molecule has 2 amide bonds. The molecule has 1 aliphatic heterocycles. The van der Waals surface area contributed by atoms with E-state index in [0.29, 0.717) is 37.2 Å². The van der Waals surface area contributed by atoms with Gasteiger partial charge in [0, 0.05) is 48.6 Å². The number of ether oxygens (including phenoxy) is 2. The molecule has 0 radical (unpaired) electrons. The van der Waals surface area contributed by atoms with Crippen LogP contribution in [0.25, 0.3) is 11.1 Å². The maximum atomic E-state index is 15.5. The molecular formula is C36H36F8N4O7.